The molecular weight excluding hydrogens is 471 g/mol. The maximum absolute atomic E-state index is 13.4. The van der Waals surface area contributed by atoms with Crippen LogP contribution < -0.4 is 20.7 Å². The van der Waals surface area contributed by atoms with Gasteiger partial charge in [-0.3, -0.25) is 9.52 Å². The van der Waals surface area contributed by atoms with E-state index in [1.807, 2.05) is 13.8 Å². The van der Waals surface area contributed by atoms with Gasteiger partial charge in [0.2, 0.25) is 0 Å². The summed E-state index contributed by atoms with van der Waals surface area (Å²) in [6, 6.07) is 16.3. The molecule has 35 heavy (non-hydrogen) atoms. The van der Waals surface area contributed by atoms with Gasteiger partial charge in [-0.2, -0.15) is 0 Å². The Morgan fingerprint density at radius 1 is 0.914 bits per heavy atom. The van der Waals surface area contributed by atoms with Crippen LogP contribution in [0.15, 0.2) is 71.6 Å². The molecule has 3 amide bonds. The third-order valence-electron chi connectivity index (χ3n) is 4.92. The topological polar surface area (TPSA) is 116 Å². The van der Waals surface area contributed by atoms with Gasteiger partial charge in [-0.1, -0.05) is 12.1 Å². The van der Waals surface area contributed by atoms with Gasteiger partial charge in [-0.05, 0) is 86.5 Å². The van der Waals surface area contributed by atoms with Gasteiger partial charge in [0, 0.05) is 29.5 Å². The normalized spacial score (nSPS) is 11.1. The molecule has 0 aromatic heterocycles. The Kier molecular flexibility index (Phi) is 8.08. The first-order valence-corrected chi connectivity index (χ1v) is 12.4. The van der Waals surface area contributed by atoms with E-state index in [0.717, 1.165) is 11.6 Å². The SMILES string of the molecule is Cc1cc(S(=O)(=O)Nc2ccc(C(=O)NCc3ccc(NC(=O)NC(C)C)cc3)cc2)ccc1F. The largest absolute Gasteiger partial charge is 0.348 e. The number of hydrogen-bond acceptors (Lipinski definition) is 4. The van der Waals surface area contributed by atoms with Crippen LogP contribution in [-0.2, 0) is 16.6 Å². The van der Waals surface area contributed by atoms with E-state index >= 15 is 0 Å². The molecule has 8 nitrogen and oxygen atoms in total. The van der Waals surface area contributed by atoms with Gasteiger partial charge in [0.15, 0.2) is 0 Å². The first-order chi connectivity index (χ1) is 16.5. The zero-order valence-electron chi connectivity index (χ0n) is 19.6. The molecule has 0 fully saturated rings. The van der Waals surface area contributed by atoms with Crippen molar-refractivity contribution < 1.29 is 22.4 Å². The summed E-state index contributed by atoms with van der Waals surface area (Å²) in [5.74, 6) is -0.812. The second-order valence-electron chi connectivity index (χ2n) is 8.23. The minimum atomic E-state index is -3.90. The minimum absolute atomic E-state index is 0.0257. The molecule has 4 N–H and O–H groups in total. The number of nitrogens with one attached hydrogen (secondary N) is 4. The molecule has 0 spiro atoms. The lowest BCUT2D eigenvalue weighted by atomic mass is 10.1. The highest BCUT2D eigenvalue weighted by Crippen LogP contribution is 2.19. The second kappa shape index (κ2) is 11.0. The van der Waals surface area contributed by atoms with Gasteiger partial charge in [-0.25, -0.2) is 17.6 Å². The summed E-state index contributed by atoms with van der Waals surface area (Å²) < 4.78 is 40.9. The molecule has 10 heteroatoms. The van der Waals surface area contributed by atoms with Crippen LogP contribution in [0, 0.1) is 12.7 Å². The molecule has 0 radical (unpaired) electrons. The van der Waals surface area contributed by atoms with Crippen molar-refractivity contribution in [3.63, 3.8) is 0 Å². The third-order valence-corrected chi connectivity index (χ3v) is 6.30. The molecule has 0 aliphatic heterocycles. The van der Waals surface area contributed by atoms with E-state index < -0.39 is 15.8 Å². The van der Waals surface area contributed by atoms with Crippen LogP contribution in [-0.4, -0.2) is 26.4 Å². The fraction of sp³-hybridized carbons (Fsp3) is 0.200. The van der Waals surface area contributed by atoms with Crippen molar-refractivity contribution >= 4 is 33.3 Å². The highest BCUT2D eigenvalue weighted by molar-refractivity contribution is 7.92. The van der Waals surface area contributed by atoms with Crippen LogP contribution in [0.2, 0.25) is 0 Å². The summed E-state index contributed by atoms with van der Waals surface area (Å²) in [6.45, 7) is 5.49. The fourth-order valence-electron chi connectivity index (χ4n) is 3.11. The average Bonchev–Trinajstić information content (AvgIpc) is 2.80. The fourth-order valence-corrected chi connectivity index (χ4v) is 4.25. The van der Waals surface area contributed by atoms with E-state index in [9.17, 15) is 22.4 Å². The molecule has 3 aromatic carbocycles. The maximum Gasteiger partial charge on any atom is 0.319 e. The summed E-state index contributed by atoms with van der Waals surface area (Å²) in [5.41, 5.74) is 2.32. The predicted molar refractivity (Wildman–Crippen MR) is 133 cm³/mol. The number of carbonyl (C=O) groups excluding carboxylic acids is 2. The van der Waals surface area contributed by atoms with Crippen molar-refractivity contribution in [1.82, 2.24) is 10.6 Å². The lowest BCUT2D eigenvalue weighted by molar-refractivity contribution is 0.0951. The van der Waals surface area contributed by atoms with Gasteiger partial charge in [-0.15, -0.1) is 0 Å². The second-order valence-corrected chi connectivity index (χ2v) is 9.91. The molecule has 3 rings (SSSR count). The van der Waals surface area contributed by atoms with Crippen LogP contribution in [0.3, 0.4) is 0 Å². The Labute approximate surface area is 204 Å². The van der Waals surface area contributed by atoms with Crippen molar-refractivity contribution in [3.05, 3.63) is 89.2 Å². The summed E-state index contributed by atoms with van der Waals surface area (Å²) in [4.78, 5) is 24.2. The molecule has 0 unspecified atom stereocenters. The van der Waals surface area contributed by atoms with Gasteiger partial charge < -0.3 is 16.0 Å². The van der Waals surface area contributed by atoms with Gasteiger partial charge in [0.25, 0.3) is 15.9 Å². The van der Waals surface area contributed by atoms with Crippen molar-refractivity contribution in [2.24, 2.45) is 0 Å². The number of sulfonamides is 1. The number of urea groups is 1. The quantitative estimate of drug-likeness (QED) is 0.368. The lowest BCUT2D eigenvalue weighted by Crippen LogP contribution is -2.34. The minimum Gasteiger partial charge on any atom is -0.348 e. The zero-order valence-corrected chi connectivity index (χ0v) is 20.4. The number of benzene rings is 3. The Balaban J connectivity index is 1.55. The predicted octanol–water partition coefficient (Wildman–Crippen LogP) is 4.39. The molecule has 0 aliphatic rings. The standard InChI is InChI=1S/C25H27FN4O4S/c1-16(2)28-25(32)29-20-8-4-18(5-9-20)15-27-24(31)19-6-10-21(11-7-19)30-35(33,34)22-12-13-23(26)17(3)14-22/h4-14,16,30H,15H2,1-3H3,(H,27,31)(H2,28,29,32). The summed E-state index contributed by atoms with van der Waals surface area (Å²) in [6.07, 6.45) is 0. The molecule has 0 saturated heterocycles. The lowest BCUT2D eigenvalue weighted by Gasteiger charge is -2.11. The van der Waals surface area contributed by atoms with E-state index in [1.54, 1.807) is 24.3 Å². The van der Waals surface area contributed by atoms with E-state index in [1.165, 1.54) is 43.3 Å². The first kappa shape index (κ1) is 25.7. The molecule has 0 bridgehead atoms. The average molecular weight is 499 g/mol. The molecule has 0 saturated carbocycles. The summed E-state index contributed by atoms with van der Waals surface area (Å²) >= 11 is 0. The molecule has 0 heterocycles. The Morgan fingerprint density at radius 3 is 2.14 bits per heavy atom. The summed E-state index contributed by atoms with van der Waals surface area (Å²) in [5, 5.41) is 8.25. The Hall–Kier alpha value is -3.92. The molecule has 0 atom stereocenters. The molecular formula is C25H27FN4O4S. The van der Waals surface area contributed by atoms with Gasteiger partial charge in [0.05, 0.1) is 4.90 Å². The number of aryl methyl sites for hydroxylation is 1. The van der Waals surface area contributed by atoms with Crippen LogP contribution in [0.1, 0.15) is 35.3 Å². The van der Waals surface area contributed by atoms with Crippen LogP contribution in [0.4, 0.5) is 20.6 Å². The van der Waals surface area contributed by atoms with Gasteiger partial charge in [0.1, 0.15) is 5.82 Å². The number of carbonyl (C=O) groups is 2. The maximum atomic E-state index is 13.4. The number of rotatable bonds is 8. The molecule has 184 valence electrons. The van der Waals surface area contributed by atoms with Crippen LogP contribution in [0.5, 0.6) is 0 Å². The molecule has 0 aliphatic carbocycles. The van der Waals surface area contributed by atoms with Gasteiger partial charge >= 0.3 is 6.03 Å². The monoisotopic (exact) mass is 498 g/mol. The van der Waals surface area contributed by atoms with Crippen molar-refractivity contribution in [3.8, 4) is 0 Å². The highest BCUT2D eigenvalue weighted by Gasteiger charge is 2.16. The first-order valence-electron chi connectivity index (χ1n) is 10.9. The number of amides is 3. The highest BCUT2D eigenvalue weighted by atomic mass is 32.2. The van der Waals surface area contributed by atoms with Crippen LogP contribution in [0.25, 0.3) is 0 Å². The third kappa shape index (κ3) is 7.28. The van der Waals surface area contributed by atoms with Crippen molar-refractivity contribution in [2.45, 2.75) is 38.3 Å². The number of anilines is 2. The van der Waals surface area contributed by atoms with Crippen molar-refractivity contribution in [2.75, 3.05) is 10.0 Å². The number of hydrogen-bond donors (Lipinski definition) is 4. The van der Waals surface area contributed by atoms with E-state index in [0.29, 0.717) is 11.3 Å². The summed E-state index contributed by atoms with van der Waals surface area (Å²) in [7, 11) is -3.90. The van der Waals surface area contributed by atoms with Crippen LogP contribution >= 0.6 is 0 Å². The number of halogens is 1. The Morgan fingerprint density at radius 2 is 1.54 bits per heavy atom. The van der Waals surface area contributed by atoms with E-state index in [4.69, 9.17) is 0 Å². The van der Waals surface area contributed by atoms with E-state index in [2.05, 4.69) is 20.7 Å². The smallest absolute Gasteiger partial charge is 0.319 e. The zero-order chi connectivity index (χ0) is 25.6. The molecule has 3 aromatic rings. The Bertz CT molecular complexity index is 1310. The van der Waals surface area contributed by atoms with E-state index in [-0.39, 0.29) is 40.7 Å². The van der Waals surface area contributed by atoms with Crippen molar-refractivity contribution in [1.29, 1.82) is 0 Å².